The zero-order chi connectivity index (χ0) is 16.4. The largest absolute Gasteiger partial charge is 0.442 e. The first-order chi connectivity index (χ1) is 10.9. The predicted molar refractivity (Wildman–Crippen MR) is 86.0 cm³/mol. The van der Waals surface area contributed by atoms with Gasteiger partial charge in [0, 0.05) is 12.4 Å². The highest BCUT2D eigenvalue weighted by Crippen LogP contribution is 2.22. The van der Waals surface area contributed by atoms with Gasteiger partial charge in [0.2, 0.25) is 5.82 Å². The average Bonchev–Trinajstić information content (AvgIpc) is 2.89. The highest BCUT2D eigenvalue weighted by molar-refractivity contribution is 5.41. The summed E-state index contributed by atoms with van der Waals surface area (Å²) in [5.74, 6) is 0.174. The zero-order valence-electron chi connectivity index (χ0n) is 13.4. The third-order valence-corrected chi connectivity index (χ3v) is 3.61. The van der Waals surface area contributed by atoms with Gasteiger partial charge in [-0.1, -0.05) is 50.2 Å². The monoisotopic (exact) mass is 310 g/mol. The molecule has 0 atom stereocenters. The maximum absolute atomic E-state index is 11.9. The Bertz CT molecular complexity index is 843. The van der Waals surface area contributed by atoms with Crippen molar-refractivity contribution in [3.8, 4) is 11.6 Å². The van der Waals surface area contributed by atoms with Crippen molar-refractivity contribution in [2.24, 2.45) is 0 Å². The van der Waals surface area contributed by atoms with E-state index in [2.05, 4.69) is 48.0 Å². The summed E-state index contributed by atoms with van der Waals surface area (Å²) in [6.45, 7) is 6.85. The molecule has 0 saturated heterocycles. The minimum atomic E-state index is -0.521. The molecule has 0 aliphatic rings. The van der Waals surface area contributed by atoms with Crippen LogP contribution in [-0.2, 0) is 12.0 Å². The topological polar surface area (TPSA) is 73.8 Å². The van der Waals surface area contributed by atoms with Crippen molar-refractivity contribution in [3.63, 3.8) is 0 Å². The van der Waals surface area contributed by atoms with Crippen LogP contribution in [-0.4, -0.2) is 19.7 Å². The molecule has 0 aliphatic carbocycles. The van der Waals surface area contributed by atoms with E-state index in [1.165, 1.54) is 10.1 Å². The van der Waals surface area contributed by atoms with Crippen LogP contribution < -0.4 is 5.76 Å². The average molecular weight is 310 g/mol. The fourth-order valence-corrected chi connectivity index (χ4v) is 2.28. The van der Waals surface area contributed by atoms with E-state index in [4.69, 9.17) is 4.52 Å². The molecule has 0 fully saturated rings. The Morgan fingerprint density at radius 2 is 1.74 bits per heavy atom. The van der Waals surface area contributed by atoms with Crippen LogP contribution in [0.4, 0.5) is 0 Å². The van der Waals surface area contributed by atoms with Gasteiger partial charge in [-0.15, -0.1) is 0 Å². The third kappa shape index (κ3) is 3.21. The Morgan fingerprint density at radius 1 is 1.09 bits per heavy atom. The first-order valence-corrected chi connectivity index (χ1v) is 7.38. The molecular formula is C17H18N4O2. The summed E-state index contributed by atoms with van der Waals surface area (Å²) in [4.78, 5) is 20.2. The van der Waals surface area contributed by atoms with Gasteiger partial charge in [-0.3, -0.25) is 4.52 Å². The van der Waals surface area contributed by atoms with Crippen molar-refractivity contribution in [2.45, 2.75) is 32.7 Å². The van der Waals surface area contributed by atoms with E-state index in [1.54, 1.807) is 18.5 Å². The second-order valence-corrected chi connectivity index (χ2v) is 6.38. The van der Waals surface area contributed by atoms with E-state index in [9.17, 15) is 4.79 Å². The van der Waals surface area contributed by atoms with Gasteiger partial charge in [0.05, 0.1) is 6.54 Å². The highest BCUT2D eigenvalue weighted by atomic mass is 16.5. The van der Waals surface area contributed by atoms with E-state index in [1.807, 2.05) is 12.1 Å². The lowest BCUT2D eigenvalue weighted by Crippen LogP contribution is -2.17. The second kappa shape index (κ2) is 5.79. The molecular weight excluding hydrogens is 292 g/mol. The van der Waals surface area contributed by atoms with Crippen LogP contribution in [0.25, 0.3) is 11.6 Å². The minimum Gasteiger partial charge on any atom is -0.295 e. The van der Waals surface area contributed by atoms with Gasteiger partial charge in [-0.25, -0.2) is 19.3 Å². The Hall–Kier alpha value is -2.76. The number of nitrogens with zero attached hydrogens (tertiary/aromatic N) is 4. The van der Waals surface area contributed by atoms with Crippen molar-refractivity contribution >= 4 is 0 Å². The highest BCUT2D eigenvalue weighted by Gasteiger charge is 2.16. The molecule has 0 unspecified atom stereocenters. The second-order valence-electron chi connectivity index (χ2n) is 6.38. The van der Waals surface area contributed by atoms with Gasteiger partial charge in [0.1, 0.15) is 0 Å². The zero-order valence-corrected chi connectivity index (χ0v) is 13.4. The van der Waals surface area contributed by atoms with Crippen molar-refractivity contribution in [2.75, 3.05) is 0 Å². The van der Waals surface area contributed by atoms with Crippen molar-refractivity contribution in [1.82, 2.24) is 19.7 Å². The Labute approximate surface area is 133 Å². The summed E-state index contributed by atoms with van der Waals surface area (Å²) in [7, 11) is 0. The molecule has 23 heavy (non-hydrogen) atoms. The van der Waals surface area contributed by atoms with Gasteiger partial charge in [0.15, 0.2) is 5.82 Å². The van der Waals surface area contributed by atoms with Crippen LogP contribution in [0, 0.1) is 0 Å². The van der Waals surface area contributed by atoms with E-state index >= 15 is 0 Å². The summed E-state index contributed by atoms with van der Waals surface area (Å²) >= 11 is 0. The van der Waals surface area contributed by atoms with E-state index in [0.717, 1.165) is 5.56 Å². The van der Waals surface area contributed by atoms with Crippen LogP contribution >= 0.6 is 0 Å². The molecule has 6 heteroatoms. The standard InChI is InChI=1S/C17H18N4O2/c1-17(2,3)13-7-5-12(6-8-13)11-21-15(20-23-16(21)22)14-18-9-4-10-19-14/h4-10H,11H2,1-3H3. The van der Waals surface area contributed by atoms with Gasteiger partial charge in [0.25, 0.3) is 0 Å². The van der Waals surface area contributed by atoms with E-state index in [-0.39, 0.29) is 5.41 Å². The lowest BCUT2D eigenvalue weighted by molar-refractivity contribution is 0.378. The maximum atomic E-state index is 11.9. The first-order valence-electron chi connectivity index (χ1n) is 7.38. The normalized spacial score (nSPS) is 11.6. The molecule has 0 amide bonds. The van der Waals surface area contributed by atoms with Crippen LogP contribution in [0.15, 0.2) is 52.0 Å². The molecule has 118 valence electrons. The van der Waals surface area contributed by atoms with E-state index < -0.39 is 5.76 Å². The number of rotatable bonds is 3. The van der Waals surface area contributed by atoms with Gasteiger partial charge < -0.3 is 0 Å². The Kier molecular flexibility index (Phi) is 3.82. The first kappa shape index (κ1) is 15.1. The molecule has 2 heterocycles. The predicted octanol–water partition coefficient (Wildman–Crippen LogP) is 2.64. The summed E-state index contributed by atoms with van der Waals surface area (Å²) in [5, 5.41) is 3.79. The fourth-order valence-electron chi connectivity index (χ4n) is 2.28. The van der Waals surface area contributed by atoms with Gasteiger partial charge in [-0.2, -0.15) is 0 Å². The van der Waals surface area contributed by atoms with Crippen LogP contribution in [0.1, 0.15) is 31.9 Å². The molecule has 0 saturated carbocycles. The quantitative estimate of drug-likeness (QED) is 0.743. The third-order valence-electron chi connectivity index (χ3n) is 3.61. The fraction of sp³-hybridized carbons (Fsp3) is 0.294. The molecule has 2 aromatic heterocycles. The molecule has 6 nitrogen and oxygen atoms in total. The molecule has 0 N–H and O–H groups in total. The number of aromatic nitrogens is 4. The maximum Gasteiger partial charge on any atom is 0.442 e. The molecule has 0 bridgehead atoms. The van der Waals surface area contributed by atoms with E-state index in [0.29, 0.717) is 18.2 Å². The molecule has 1 aromatic carbocycles. The number of hydrogen-bond acceptors (Lipinski definition) is 5. The lowest BCUT2D eigenvalue weighted by atomic mass is 9.87. The minimum absolute atomic E-state index is 0.0929. The smallest absolute Gasteiger partial charge is 0.295 e. The van der Waals surface area contributed by atoms with Gasteiger partial charge >= 0.3 is 5.76 Å². The molecule has 3 aromatic rings. The van der Waals surface area contributed by atoms with Crippen LogP contribution in [0.2, 0.25) is 0 Å². The Morgan fingerprint density at radius 3 is 2.35 bits per heavy atom. The summed E-state index contributed by atoms with van der Waals surface area (Å²) in [6.07, 6.45) is 3.20. The Balaban J connectivity index is 1.92. The lowest BCUT2D eigenvalue weighted by Gasteiger charge is -2.19. The summed E-state index contributed by atoms with van der Waals surface area (Å²) < 4.78 is 6.21. The van der Waals surface area contributed by atoms with Crippen LogP contribution in [0.3, 0.4) is 0 Å². The SMILES string of the molecule is CC(C)(C)c1ccc(Cn2c(-c3ncccn3)noc2=O)cc1. The molecule has 0 radical (unpaired) electrons. The van der Waals surface area contributed by atoms with Crippen LogP contribution in [0.5, 0.6) is 0 Å². The number of hydrogen-bond donors (Lipinski definition) is 0. The molecule has 0 spiro atoms. The summed E-state index contributed by atoms with van der Waals surface area (Å²) in [5.41, 5.74) is 2.32. The van der Waals surface area contributed by atoms with Crippen molar-refractivity contribution in [1.29, 1.82) is 0 Å². The van der Waals surface area contributed by atoms with Crippen molar-refractivity contribution in [3.05, 3.63) is 64.4 Å². The summed E-state index contributed by atoms with van der Waals surface area (Å²) in [6, 6.07) is 9.88. The van der Waals surface area contributed by atoms with Gasteiger partial charge in [-0.05, 0) is 22.6 Å². The molecule has 0 aliphatic heterocycles. The van der Waals surface area contributed by atoms with Crippen molar-refractivity contribution < 1.29 is 4.52 Å². The molecule has 3 rings (SSSR count). The number of benzene rings is 1.